The van der Waals surface area contributed by atoms with E-state index in [2.05, 4.69) is 9.97 Å². The Kier molecular flexibility index (Phi) is 3.44. The number of rotatable bonds is 3. The molecule has 0 bridgehead atoms. The minimum Gasteiger partial charge on any atom is -0.431 e. The standard InChI is InChI=1S/C13H8ClN3O3S/c1-7-3-2-4-9(10(7)17(18)19)20-11-8-5-6-21-12(8)16-13(14)15-11/h2-6H,1H3. The summed E-state index contributed by atoms with van der Waals surface area (Å²) in [6, 6.07) is 6.65. The molecule has 0 aliphatic rings. The normalized spacial score (nSPS) is 10.8. The molecule has 2 heterocycles. The Morgan fingerprint density at radius 3 is 2.90 bits per heavy atom. The lowest BCUT2D eigenvalue weighted by molar-refractivity contribution is -0.386. The highest BCUT2D eigenvalue weighted by Gasteiger charge is 2.20. The molecule has 0 aliphatic heterocycles. The number of thiophene rings is 1. The van der Waals surface area contributed by atoms with Gasteiger partial charge in [0.15, 0.2) is 0 Å². The molecule has 2 aromatic heterocycles. The van der Waals surface area contributed by atoms with Gasteiger partial charge in [-0.05, 0) is 36.0 Å². The number of nitrogens with zero attached hydrogens (tertiary/aromatic N) is 3. The molecule has 0 fully saturated rings. The monoisotopic (exact) mass is 321 g/mol. The maximum atomic E-state index is 11.2. The lowest BCUT2D eigenvalue weighted by Gasteiger charge is -2.07. The van der Waals surface area contributed by atoms with E-state index in [4.69, 9.17) is 16.3 Å². The number of hydrogen-bond donors (Lipinski definition) is 0. The van der Waals surface area contributed by atoms with E-state index in [-0.39, 0.29) is 22.6 Å². The number of nitro benzene ring substituents is 1. The largest absolute Gasteiger partial charge is 0.431 e. The fraction of sp³-hybridized carbons (Fsp3) is 0.0769. The molecule has 3 aromatic rings. The average Bonchev–Trinajstić information content (AvgIpc) is 2.86. The van der Waals surface area contributed by atoms with Crippen molar-refractivity contribution in [3.63, 3.8) is 0 Å². The fourth-order valence-corrected chi connectivity index (χ4v) is 2.90. The molecule has 0 amide bonds. The molecular weight excluding hydrogens is 314 g/mol. The summed E-state index contributed by atoms with van der Waals surface area (Å²) in [5, 5.41) is 13.7. The lowest BCUT2D eigenvalue weighted by atomic mass is 10.2. The minimum atomic E-state index is -0.474. The van der Waals surface area contributed by atoms with Crippen molar-refractivity contribution in [2.45, 2.75) is 6.92 Å². The molecule has 0 radical (unpaired) electrons. The van der Waals surface area contributed by atoms with Crippen LogP contribution in [0.25, 0.3) is 10.2 Å². The Labute approximate surface area is 128 Å². The molecule has 0 atom stereocenters. The first-order valence-electron chi connectivity index (χ1n) is 5.89. The second-order valence-electron chi connectivity index (χ2n) is 4.22. The molecule has 0 saturated carbocycles. The van der Waals surface area contributed by atoms with Crippen molar-refractivity contribution in [3.8, 4) is 11.6 Å². The molecule has 0 aliphatic carbocycles. The van der Waals surface area contributed by atoms with Crippen LogP contribution in [0.3, 0.4) is 0 Å². The molecule has 0 spiro atoms. The molecule has 6 nitrogen and oxygen atoms in total. The van der Waals surface area contributed by atoms with Crippen LogP contribution in [0.2, 0.25) is 5.28 Å². The highest BCUT2D eigenvalue weighted by Crippen LogP contribution is 2.36. The number of hydrogen-bond acceptors (Lipinski definition) is 6. The van der Waals surface area contributed by atoms with Crippen LogP contribution in [0.15, 0.2) is 29.6 Å². The lowest BCUT2D eigenvalue weighted by Crippen LogP contribution is -1.97. The van der Waals surface area contributed by atoms with Gasteiger partial charge in [-0.2, -0.15) is 4.98 Å². The quantitative estimate of drug-likeness (QED) is 0.407. The Bertz CT molecular complexity index is 850. The summed E-state index contributed by atoms with van der Waals surface area (Å²) in [7, 11) is 0. The van der Waals surface area contributed by atoms with Crippen LogP contribution >= 0.6 is 22.9 Å². The summed E-state index contributed by atoms with van der Waals surface area (Å²) in [5.74, 6) is 0.335. The number of benzene rings is 1. The molecule has 0 N–H and O–H groups in total. The number of para-hydroxylation sites is 1. The van der Waals surface area contributed by atoms with Gasteiger partial charge in [-0.3, -0.25) is 10.1 Å². The van der Waals surface area contributed by atoms with Crippen LogP contribution in [-0.4, -0.2) is 14.9 Å². The van der Waals surface area contributed by atoms with Crippen molar-refractivity contribution >= 4 is 38.8 Å². The van der Waals surface area contributed by atoms with Crippen molar-refractivity contribution in [1.82, 2.24) is 9.97 Å². The summed E-state index contributed by atoms with van der Waals surface area (Å²) in [6.45, 7) is 1.65. The van der Waals surface area contributed by atoms with E-state index in [1.54, 1.807) is 25.1 Å². The first-order valence-corrected chi connectivity index (χ1v) is 7.14. The summed E-state index contributed by atoms with van der Waals surface area (Å²) in [6.07, 6.45) is 0. The van der Waals surface area contributed by atoms with E-state index in [0.29, 0.717) is 15.8 Å². The van der Waals surface area contributed by atoms with Gasteiger partial charge in [0, 0.05) is 5.56 Å². The van der Waals surface area contributed by atoms with E-state index in [1.165, 1.54) is 17.4 Å². The van der Waals surface area contributed by atoms with Gasteiger partial charge in [0.05, 0.1) is 10.3 Å². The molecule has 3 rings (SSSR count). The number of aryl methyl sites for hydroxylation is 1. The van der Waals surface area contributed by atoms with Crippen LogP contribution in [0, 0.1) is 17.0 Å². The molecule has 8 heteroatoms. The van der Waals surface area contributed by atoms with Crippen molar-refractivity contribution in [2.24, 2.45) is 0 Å². The first kappa shape index (κ1) is 13.7. The number of ether oxygens (including phenoxy) is 1. The summed E-state index contributed by atoms with van der Waals surface area (Å²) in [5.41, 5.74) is 0.426. The number of fused-ring (bicyclic) bond motifs is 1. The van der Waals surface area contributed by atoms with Gasteiger partial charge >= 0.3 is 5.69 Å². The van der Waals surface area contributed by atoms with E-state index >= 15 is 0 Å². The van der Waals surface area contributed by atoms with Crippen LogP contribution in [0.4, 0.5) is 5.69 Å². The molecule has 21 heavy (non-hydrogen) atoms. The Morgan fingerprint density at radius 1 is 1.33 bits per heavy atom. The minimum absolute atomic E-state index is 0.0373. The van der Waals surface area contributed by atoms with Gasteiger partial charge in [-0.1, -0.05) is 12.1 Å². The molecule has 106 valence electrons. The third kappa shape index (κ3) is 2.53. The second-order valence-corrected chi connectivity index (χ2v) is 5.45. The molecule has 1 aromatic carbocycles. The Hall–Kier alpha value is -2.25. The van der Waals surface area contributed by atoms with Crippen molar-refractivity contribution < 1.29 is 9.66 Å². The summed E-state index contributed by atoms with van der Waals surface area (Å²) in [4.78, 5) is 19.5. The molecule has 0 saturated heterocycles. The van der Waals surface area contributed by atoms with Crippen LogP contribution < -0.4 is 4.74 Å². The smallest absolute Gasteiger partial charge is 0.314 e. The van der Waals surface area contributed by atoms with Crippen LogP contribution in [0.5, 0.6) is 11.6 Å². The number of halogens is 1. The Balaban J connectivity index is 2.13. The predicted octanol–water partition coefficient (Wildman–Crippen LogP) is 4.35. The molecular formula is C13H8ClN3O3S. The third-order valence-corrected chi connectivity index (χ3v) is 3.83. The van der Waals surface area contributed by atoms with Crippen LogP contribution in [0.1, 0.15) is 5.56 Å². The first-order chi connectivity index (χ1) is 10.1. The predicted molar refractivity (Wildman–Crippen MR) is 80.3 cm³/mol. The van der Waals surface area contributed by atoms with Crippen LogP contribution in [-0.2, 0) is 0 Å². The van der Waals surface area contributed by atoms with E-state index in [0.717, 1.165) is 0 Å². The van der Waals surface area contributed by atoms with Gasteiger partial charge in [-0.15, -0.1) is 11.3 Å². The van der Waals surface area contributed by atoms with Gasteiger partial charge in [0.25, 0.3) is 0 Å². The van der Waals surface area contributed by atoms with E-state index in [1.807, 2.05) is 5.38 Å². The summed E-state index contributed by atoms with van der Waals surface area (Å²) < 4.78 is 5.63. The van der Waals surface area contributed by atoms with Crippen molar-refractivity contribution in [2.75, 3.05) is 0 Å². The Morgan fingerprint density at radius 2 is 2.14 bits per heavy atom. The maximum Gasteiger partial charge on any atom is 0.314 e. The number of aromatic nitrogens is 2. The number of nitro groups is 1. The third-order valence-electron chi connectivity index (χ3n) is 2.85. The fourth-order valence-electron chi connectivity index (χ4n) is 1.93. The summed E-state index contributed by atoms with van der Waals surface area (Å²) >= 11 is 7.24. The van der Waals surface area contributed by atoms with E-state index < -0.39 is 4.92 Å². The highest BCUT2D eigenvalue weighted by atomic mass is 35.5. The average molecular weight is 322 g/mol. The highest BCUT2D eigenvalue weighted by molar-refractivity contribution is 7.16. The van der Waals surface area contributed by atoms with Gasteiger partial charge in [-0.25, -0.2) is 4.98 Å². The zero-order valence-electron chi connectivity index (χ0n) is 10.7. The van der Waals surface area contributed by atoms with Gasteiger partial charge in [0.1, 0.15) is 4.83 Å². The SMILES string of the molecule is Cc1cccc(Oc2nc(Cl)nc3sccc23)c1[N+](=O)[O-]. The topological polar surface area (TPSA) is 78.2 Å². The maximum absolute atomic E-state index is 11.2. The molecule has 0 unspecified atom stereocenters. The van der Waals surface area contributed by atoms with Crippen molar-refractivity contribution in [1.29, 1.82) is 0 Å². The zero-order chi connectivity index (χ0) is 15.0. The van der Waals surface area contributed by atoms with Gasteiger partial charge in [0.2, 0.25) is 16.9 Å². The van der Waals surface area contributed by atoms with Crippen molar-refractivity contribution in [3.05, 3.63) is 50.6 Å². The van der Waals surface area contributed by atoms with E-state index in [9.17, 15) is 10.1 Å². The second kappa shape index (κ2) is 5.27. The van der Waals surface area contributed by atoms with Gasteiger partial charge < -0.3 is 4.74 Å². The zero-order valence-corrected chi connectivity index (χ0v) is 12.3.